The summed E-state index contributed by atoms with van der Waals surface area (Å²) in [7, 11) is -3.70. The molecular formula is C5H13FrO3P. The minimum absolute atomic E-state index is 0. The Morgan fingerprint density at radius 1 is 1.30 bits per heavy atom. The van der Waals surface area contributed by atoms with Crippen LogP contribution in [0.15, 0.2) is 0 Å². The zero-order valence-electron chi connectivity index (χ0n) is 6.58. The van der Waals surface area contributed by atoms with Crippen LogP contribution in [0.4, 0.5) is 0 Å². The quantitative estimate of drug-likeness (QED) is 0.576. The van der Waals surface area contributed by atoms with E-state index in [2.05, 4.69) is 0 Å². The molecule has 10 heavy (non-hydrogen) atoms. The Hall–Kier alpha value is 1.75. The first-order valence-electron chi connectivity index (χ1n) is 3.11. The van der Waals surface area contributed by atoms with Crippen molar-refractivity contribution in [1.82, 2.24) is 0 Å². The van der Waals surface area contributed by atoms with Gasteiger partial charge in [-0.05, 0) is 6.42 Å². The van der Waals surface area contributed by atoms with E-state index in [-0.39, 0.29) is 56.0 Å². The van der Waals surface area contributed by atoms with Gasteiger partial charge < -0.3 is 9.79 Å². The monoisotopic (exact) mass is 375 g/mol. The minimum atomic E-state index is -3.70. The van der Waals surface area contributed by atoms with E-state index in [1.54, 1.807) is 0 Å². The third kappa shape index (κ3) is 12.4. The molecule has 5 heteroatoms. The molecule has 0 aromatic carbocycles. The van der Waals surface area contributed by atoms with Crippen molar-refractivity contribution in [3.8, 4) is 0 Å². The Kier molecular flexibility index (Phi) is 10.6. The molecular weight excluding hydrogens is 362 g/mol. The number of hydrogen-bond donors (Lipinski definition) is 2. The Labute approximate surface area is 103 Å². The van der Waals surface area contributed by atoms with Crippen LogP contribution >= 0.6 is 7.60 Å². The first kappa shape index (κ1) is 14.3. The summed E-state index contributed by atoms with van der Waals surface area (Å²) < 4.78 is 10.2. The fourth-order valence-corrected chi connectivity index (χ4v) is 1.20. The summed E-state index contributed by atoms with van der Waals surface area (Å²) in [5, 5.41) is 0. The molecule has 57 valence electrons. The van der Waals surface area contributed by atoms with E-state index in [1.807, 2.05) is 6.92 Å². The van der Waals surface area contributed by atoms with Crippen molar-refractivity contribution >= 4 is 7.60 Å². The Morgan fingerprint density at radius 3 is 2.10 bits per heavy atom. The molecule has 3 nitrogen and oxygen atoms in total. The van der Waals surface area contributed by atoms with Gasteiger partial charge in [-0.1, -0.05) is 19.8 Å². The predicted octanol–water partition coefficient (Wildman–Crippen LogP) is 1.35. The van der Waals surface area contributed by atoms with Crippen molar-refractivity contribution in [1.29, 1.82) is 0 Å². The molecule has 0 aromatic heterocycles. The molecule has 0 aromatic rings. The molecule has 0 saturated carbocycles. The number of hydrogen-bond acceptors (Lipinski definition) is 1. The van der Waals surface area contributed by atoms with E-state index in [0.29, 0.717) is 6.42 Å². The summed E-state index contributed by atoms with van der Waals surface area (Å²) in [5.41, 5.74) is 0. The van der Waals surface area contributed by atoms with Crippen LogP contribution in [0, 0.1) is 49.9 Å². The maximum absolute atomic E-state index is 10.2. The molecule has 0 aliphatic rings. The fraction of sp³-hybridized carbons (Fsp3) is 1.00. The van der Waals surface area contributed by atoms with Crippen LogP contribution in [-0.4, -0.2) is 15.9 Å². The van der Waals surface area contributed by atoms with Crippen LogP contribution < -0.4 is 0 Å². The topological polar surface area (TPSA) is 57.5 Å². The Bertz CT molecular complexity index is 111. The molecule has 0 spiro atoms. The van der Waals surface area contributed by atoms with Crippen LogP contribution in [0.5, 0.6) is 0 Å². The third-order valence-electron chi connectivity index (χ3n) is 1.05. The molecule has 0 bridgehead atoms. The van der Waals surface area contributed by atoms with Gasteiger partial charge in [0.15, 0.2) is 0 Å². The van der Waals surface area contributed by atoms with E-state index < -0.39 is 7.60 Å². The molecule has 0 atom stereocenters. The van der Waals surface area contributed by atoms with Crippen molar-refractivity contribution in [3.63, 3.8) is 0 Å². The second kappa shape index (κ2) is 7.40. The van der Waals surface area contributed by atoms with E-state index in [9.17, 15) is 4.57 Å². The molecule has 0 aliphatic carbocycles. The molecule has 0 aliphatic heterocycles. The Morgan fingerprint density at radius 2 is 1.80 bits per heavy atom. The van der Waals surface area contributed by atoms with Crippen LogP contribution in [0.3, 0.4) is 0 Å². The zero-order chi connectivity index (χ0) is 7.33. The van der Waals surface area contributed by atoms with Gasteiger partial charge in [0.2, 0.25) is 0 Å². The number of rotatable bonds is 4. The van der Waals surface area contributed by atoms with Crippen molar-refractivity contribution < 1.29 is 64.2 Å². The van der Waals surface area contributed by atoms with E-state index >= 15 is 0 Å². The average molecular weight is 375 g/mol. The van der Waals surface area contributed by atoms with Crippen LogP contribution in [0.1, 0.15) is 26.2 Å². The standard InChI is InChI=1S/C5H13O3P.Fr/c1-2-3-4-5-9(6,7)8;/h2-5H2,1H3,(H2,6,7,8);. The van der Waals surface area contributed by atoms with Gasteiger partial charge in [-0.25, -0.2) is 0 Å². The summed E-state index contributed by atoms with van der Waals surface area (Å²) >= 11 is 0. The van der Waals surface area contributed by atoms with Crippen LogP contribution in [-0.2, 0) is 4.57 Å². The van der Waals surface area contributed by atoms with Gasteiger partial charge in [0.05, 0.1) is 0 Å². The normalized spacial score (nSPS) is 10.7. The maximum atomic E-state index is 10.2. The third-order valence-corrected chi connectivity index (χ3v) is 1.95. The minimum Gasteiger partial charge on any atom is -0.324 e. The average Bonchev–Trinajstić information content (AvgIpc) is 1.63. The molecule has 0 fully saturated rings. The summed E-state index contributed by atoms with van der Waals surface area (Å²) in [6.07, 6.45) is 2.59. The van der Waals surface area contributed by atoms with E-state index in [0.717, 1.165) is 12.8 Å². The van der Waals surface area contributed by atoms with Crippen LogP contribution in [0.2, 0.25) is 0 Å². The van der Waals surface area contributed by atoms with E-state index in [4.69, 9.17) is 9.79 Å². The molecule has 2 N–H and O–H groups in total. The van der Waals surface area contributed by atoms with Gasteiger partial charge in [0, 0.05) is 56.0 Å². The van der Waals surface area contributed by atoms with Gasteiger partial charge >= 0.3 is 7.60 Å². The smallest absolute Gasteiger partial charge is 0.324 e. The SMILES string of the molecule is CCCCCP(=O)(O)O.[Fr]. The van der Waals surface area contributed by atoms with Gasteiger partial charge in [-0.15, -0.1) is 0 Å². The summed E-state index contributed by atoms with van der Waals surface area (Å²) in [6.45, 7) is 2.00. The molecule has 0 rings (SSSR count). The van der Waals surface area contributed by atoms with Crippen molar-refractivity contribution in [2.24, 2.45) is 0 Å². The van der Waals surface area contributed by atoms with E-state index in [1.165, 1.54) is 0 Å². The summed E-state index contributed by atoms with van der Waals surface area (Å²) in [6, 6.07) is 0. The zero-order valence-corrected chi connectivity index (χ0v) is 15.7. The molecule has 0 heterocycles. The van der Waals surface area contributed by atoms with Gasteiger partial charge in [0.1, 0.15) is 0 Å². The number of unbranched alkanes of at least 4 members (excludes halogenated alkanes) is 2. The van der Waals surface area contributed by atoms with Crippen molar-refractivity contribution in [2.45, 2.75) is 26.2 Å². The summed E-state index contributed by atoms with van der Waals surface area (Å²) in [5.74, 6) is 0. The second-order valence-electron chi connectivity index (χ2n) is 2.10. The molecule has 0 unspecified atom stereocenters. The molecule has 1 radical (unpaired) electrons. The molecule has 0 amide bonds. The Balaban J connectivity index is 0. The van der Waals surface area contributed by atoms with Gasteiger partial charge in [-0.3, -0.25) is 4.57 Å². The molecule has 0 saturated heterocycles. The van der Waals surface area contributed by atoms with Crippen molar-refractivity contribution in [3.05, 3.63) is 0 Å². The second-order valence-corrected chi connectivity index (χ2v) is 3.87. The first-order chi connectivity index (χ1) is 4.06. The fourth-order valence-electron chi connectivity index (χ4n) is 0.568. The van der Waals surface area contributed by atoms with Crippen LogP contribution in [0.25, 0.3) is 0 Å². The van der Waals surface area contributed by atoms with Gasteiger partial charge in [0.25, 0.3) is 0 Å². The van der Waals surface area contributed by atoms with Crippen molar-refractivity contribution in [2.75, 3.05) is 6.16 Å². The largest absolute Gasteiger partial charge is 0.325 e. The van der Waals surface area contributed by atoms with Gasteiger partial charge in [-0.2, -0.15) is 0 Å². The first-order valence-corrected chi connectivity index (χ1v) is 4.90. The summed E-state index contributed by atoms with van der Waals surface area (Å²) in [4.78, 5) is 16.7. The predicted molar refractivity (Wildman–Crippen MR) is 36.4 cm³/mol. The maximum Gasteiger partial charge on any atom is 0.325 e.